The summed E-state index contributed by atoms with van der Waals surface area (Å²) in [7, 11) is 0. The van der Waals surface area contributed by atoms with Crippen LogP contribution in [0.25, 0.3) is 11.0 Å². The fraction of sp³-hybridized carbons (Fsp3) is 0.471. The Balaban J connectivity index is 1.66. The summed E-state index contributed by atoms with van der Waals surface area (Å²) >= 11 is 1.39. The first-order chi connectivity index (χ1) is 11.1. The second kappa shape index (κ2) is 6.63. The van der Waals surface area contributed by atoms with Gasteiger partial charge in [0.2, 0.25) is 5.91 Å². The molecule has 0 aliphatic heterocycles. The Hall–Kier alpha value is -2.00. The molecule has 2 aromatic rings. The van der Waals surface area contributed by atoms with Gasteiger partial charge in [0.15, 0.2) is 5.16 Å². The minimum Gasteiger partial charge on any atom is -0.337 e. The molecule has 1 aromatic heterocycles. The number of nitrogens with one attached hydrogen (secondary N) is 2. The van der Waals surface area contributed by atoms with Crippen LogP contribution < -0.4 is 5.32 Å². The first kappa shape index (κ1) is 15.9. The highest BCUT2D eigenvalue weighted by Crippen LogP contribution is 2.29. The maximum Gasteiger partial charge on any atom is 0.234 e. The Morgan fingerprint density at radius 2 is 2.13 bits per heavy atom. The van der Waals surface area contributed by atoms with Crippen molar-refractivity contribution in [2.24, 2.45) is 0 Å². The fourth-order valence-corrected chi connectivity index (χ4v) is 3.78. The maximum absolute atomic E-state index is 12.5. The number of rotatable bonds is 4. The Labute approximate surface area is 139 Å². The number of nitriles is 1. The molecule has 120 valence electrons. The Morgan fingerprint density at radius 1 is 1.39 bits per heavy atom. The number of aromatic nitrogens is 2. The number of amides is 1. The molecule has 0 radical (unpaired) electrons. The smallest absolute Gasteiger partial charge is 0.234 e. The highest BCUT2D eigenvalue weighted by molar-refractivity contribution is 8.00. The van der Waals surface area contributed by atoms with Crippen molar-refractivity contribution >= 4 is 28.7 Å². The van der Waals surface area contributed by atoms with Crippen LogP contribution in [0.1, 0.15) is 39.0 Å². The quantitative estimate of drug-likeness (QED) is 0.843. The summed E-state index contributed by atoms with van der Waals surface area (Å²) in [5, 5.41) is 12.9. The zero-order valence-corrected chi connectivity index (χ0v) is 13.9. The molecular formula is C17H20N4OS. The Bertz CT molecular complexity index is 709. The van der Waals surface area contributed by atoms with Gasteiger partial charge in [0.1, 0.15) is 5.54 Å². The van der Waals surface area contributed by atoms with Crippen molar-refractivity contribution in [3.05, 3.63) is 24.3 Å². The number of benzene rings is 1. The topological polar surface area (TPSA) is 81.6 Å². The predicted molar refractivity (Wildman–Crippen MR) is 91.0 cm³/mol. The third-order valence-electron chi connectivity index (χ3n) is 4.31. The van der Waals surface area contributed by atoms with E-state index in [1.54, 1.807) is 0 Å². The number of hydrogen-bond acceptors (Lipinski definition) is 4. The molecule has 1 aliphatic rings. The lowest BCUT2D eigenvalue weighted by Gasteiger charge is -2.32. The van der Waals surface area contributed by atoms with Crippen molar-refractivity contribution in [2.75, 3.05) is 0 Å². The maximum atomic E-state index is 12.5. The Morgan fingerprint density at radius 3 is 2.83 bits per heavy atom. The lowest BCUT2D eigenvalue weighted by atomic mass is 9.83. The molecule has 0 unspecified atom stereocenters. The van der Waals surface area contributed by atoms with Crippen molar-refractivity contribution in [3.8, 4) is 6.07 Å². The molecule has 5 nitrogen and oxygen atoms in total. The highest BCUT2D eigenvalue weighted by Gasteiger charge is 2.35. The average Bonchev–Trinajstić information content (AvgIpc) is 2.97. The average molecular weight is 328 g/mol. The van der Waals surface area contributed by atoms with Gasteiger partial charge < -0.3 is 10.3 Å². The van der Waals surface area contributed by atoms with Crippen molar-refractivity contribution in [1.29, 1.82) is 5.26 Å². The Kier molecular flexibility index (Phi) is 4.58. The summed E-state index contributed by atoms with van der Waals surface area (Å²) in [6, 6.07) is 10.1. The summed E-state index contributed by atoms with van der Waals surface area (Å²) in [5.41, 5.74) is 1.17. The zero-order chi connectivity index (χ0) is 16.3. The van der Waals surface area contributed by atoms with Gasteiger partial charge in [-0.1, -0.05) is 43.2 Å². The van der Waals surface area contributed by atoms with Crippen LogP contribution in [0.4, 0.5) is 0 Å². The van der Waals surface area contributed by atoms with Crippen LogP contribution in [0.2, 0.25) is 0 Å². The normalized spacial score (nSPS) is 18.3. The van der Waals surface area contributed by atoms with E-state index in [0.29, 0.717) is 0 Å². The molecule has 1 saturated carbocycles. The predicted octanol–water partition coefficient (Wildman–Crippen LogP) is 3.39. The van der Waals surface area contributed by atoms with E-state index in [9.17, 15) is 10.1 Å². The van der Waals surface area contributed by atoms with E-state index in [2.05, 4.69) is 21.4 Å². The molecule has 6 heteroatoms. The number of nitrogens with zero attached hydrogens (tertiary/aromatic N) is 2. The summed E-state index contributed by atoms with van der Waals surface area (Å²) < 4.78 is 0. The van der Waals surface area contributed by atoms with Gasteiger partial charge in [-0.05, 0) is 31.9 Å². The van der Waals surface area contributed by atoms with Crippen LogP contribution in [0.5, 0.6) is 0 Å². The minimum atomic E-state index is -0.683. The van der Waals surface area contributed by atoms with Crippen LogP contribution in [0, 0.1) is 11.3 Å². The number of hydrogen-bond donors (Lipinski definition) is 2. The number of fused-ring (bicyclic) bond motifs is 1. The number of para-hydroxylation sites is 2. The van der Waals surface area contributed by atoms with E-state index in [4.69, 9.17) is 0 Å². The van der Waals surface area contributed by atoms with Crippen molar-refractivity contribution in [3.63, 3.8) is 0 Å². The van der Waals surface area contributed by atoms with E-state index < -0.39 is 5.54 Å². The molecule has 2 N–H and O–H groups in total. The number of carbonyl (C=O) groups excluding carboxylic acids is 1. The summed E-state index contributed by atoms with van der Waals surface area (Å²) in [6.45, 7) is 1.85. The number of aromatic amines is 1. The highest BCUT2D eigenvalue weighted by atomic mass is 32.2. The van der Waals surface area contributed by atoms with Crippen LogP contribution >= 0.6 is 11.8 Å². The lowest BCUT2D eigenvalue weighted by molar-refractivity contribution is -0.121. The summed E-state index contributed by atoms with van der Waals surface area (Å²) in [5.74, 6) is -0.0982. The van der Waals surface area contributed by atoms with Gasteiger partial charge in [-0.25, -0.2) is 4.98 Å². The number of thioether (sulfide) groups is 1. The molecule has 3 rings (SSSR count). The van der Waals surface area contributed by atoms with Crippen molar-refractivity contribution in [1.82, 2.24) is 15.3 Å². The number of carbonyl (C=O) groups is 1. The molecule has 0 bridgehead atoms. The largest absolute Gasteiger partial charge is 0.337 e. The fourth-order valence-electron chi connectivity index (χ4n) is 2.96. The van der Waals surface area contributed by atoms with E-state index >= 15 is 0 Å². The van der Waals surface area contributed by atoms with Gasteiger partial charge in [-0.3, -0.25) is 4.79 Å². The summed E-state index contributed by atoms with van der Waals surface area (Å²) in [6.07, 6.45) is 4.63. The molecule has 1 amide bonds. The van der Waals surface area contributed by atoms with Gasteiger partial charge in [-0.2, -0.15) is 5.26 Å². The zero-order valence-electron chi connectivity index (χ0n) is 13.1. The summed E-state index contributed by atoms with van der Waals surface area (Å²) in [4.78, 5) is 20.2. The van der Waals surface area contributed by atoms with Gasteiger partial charge in [0.05, 0.1) is 22.4 Å². The monoisotopic (exact) mass is 328 g/mol. The molecule has 0 saturated heterocycles. The number of H-pyrrole nitrogens is 1. The molecule has 1 aromatic carbocycles. The second-order valence-corrected chi connectivity index (χ2v) is 7.39. The molecule has 0 spiro atoms. The molecule has 23 heavy (non-hydrogen) atoms. The van der Waals surface area contributed by atoms with Crippen molar-refractivity contribution < 1.29 is 4.79 Å². The first-order valence-corrected chi connectivity index (χ1v) is 8.84. The lowest BCUT2D eigenvalue weighted by Crippen LogP contribution is -2.50. The van der Waals surface area contributed by atoms with Gasteiger partial charge in [-0.15, -0.1) is 0 Å². The molecule has 1 atom stereocenters. The first-order valence-electron chi connectivity index (χ1n) is 7.97. The van der Waals surface area contributed by atoms with Crippen LogP contribution in [0.3, 0.4) is 0 Å². The third-order valence-corrected chi connectivity index (χ3v) is 5.29. The van der Waals surface area contributed by atoms with E-state index in [1.165, 1.54) is 11.8 Å². The third kappa shape index (κ3) is 3.50. The molecule has 1 aliphatic carbocycles. The van der Waals surface area contributed by atoms with Crippen LogP contribution in [0.15, 0.2) is 29.4 Å². The van der Waals surface area contributed by atoms with E-state index in [-0.39, 0.29) is 11.2 Å². The van der Waals surface area contributed by atoms with Crippen molar-refractivity contribution in [2.45, 2.75) is 55.0 Å². The molecular weight excluding hydrogens is 308 g/mol. The van der Waals surface area contributed by atoms with E-state index in [0.717, 1.165) is 48.3 Å². The number of imidazole rings is 1. The van der Waals surface area contributed by atoms with Gasteiger partial charge in [0.25, 0.3) is 0 Å². The van der Waals surface area contributed by atoms with Gasteiger partial charge in [0, 0.05) is 0 Å². The second-order valence-electron chi connectivity index (χ2n) is 6.06. The van der Waals surface area contributed by atoms with Gasteiger partial charge >= 0.3 is 0 Å². The minimum absolute atomic E-state index is 0.0982. The molecule has 1 fully saturated rings. The SMILES string of the molecule is C[C@@H](Sc1nc2ccccc2[nH]1)C(=O)NC1(C#N)CCCCC1. The van der Waals surface area contributed by atoms with Crippen LogP contribution in [-0.2, 0) is 4.79 Å². The standard InChI is InChI=1S/C17H20N4OS/c1-12(15(22)21-17(11-18)9-5-2-6-10-17)23-16-19-13-7-3-4-8-14(13)20-16/h3-4,7-8,12H,2,5-6,9-10H2,1H3,(H,19,20)(H,21,22)/t12-/m1/s1. The van der Waals surface area contributed by atoms with E-state index in [1.807, 2.05) is 31.2 Å². The molecule has 1 heterocycles. The van der Waals surface area contributed by atoms with Crippen LogP contribution in [-0.4, -0.2) is 26.7 Å².